The molecule has 0 aliphatic carbocycles. The zero-order chi connectivity index (χ0) is 20.1. The van der Waals surface area contributed by atoms with Crippen LogP contribution >= 0.6 is 0 Å². The molecular weight excluding hydrogens is 359 g/mol. The molecule has 0 spiro atoms. The van der Waals surface area contributed by atoms with Crippen LogP contribution < -0.4 is 15.5 Å². The molecule has 2 aromatic rings. The molecule has 0 atom stereocenters. The molecule has 0 radical (unpaired) electrons. The van der Waals surface area contributed by atoms with E-state index in [1.807, 2.05) is 13.8 Å². The zero-order valence-electron chi connectivity index (χ0n) is 16.1. The molecule has 0 bridgehead atoms. The summed E-state index contributed by atoms with van der Waals surface area (Å²) in [7, 11) is 0. The number of nitrogens with zero attached hydrogens (tertiary/aromatic N) is 2. The number of piperazine rings is 1. The first-order valence-corrected chi connectivity index (χ1v) is 9.40. The Morgan fingerprint density at radius 1 is 0.929 bits per heavy atom. The second-order valence-electron chi connectivity index (χ2n) is 7.11. The second-order valence-corrected chi connectivity index (χ2v) is 7.11. The van der Waals surface area contributed by atoms with Crippen molar-refractivity contribution in [2.45, 2.75) is 13.8 Å². The summed E-state index contributed by atoms with van der Waals surface area (Å²) >= 11 is 0. The first-order valence-electron chi connectivity index (χ1n) is 9.40. The molecule has 6 nitrogen and oxygen atoms in total. The average molecular weight is 384 g/mol. The van der Waals surface area contributed by atoms with Crippen molar-refractivity contribution in [3.8, 4) is 0 Å². The summed E-state index contributed by atoms with van der Waals surface area (Å²) in [6, 6.07) is 13.3. The highest BCUT2D eigenvalue weighted by molar-refractivity contribution is 5.94. The highest BCUT2D eigenvalue weighted by Crippen LogP contribution is 2.19. The highest BCUT2D eigenvalue weighted by atomic mass is 19.1. The minimum Gasteiger partial charge on any atom is -0.368 e. The quantitative estimate of drug-likeness (QED) is 0.843. The molecule has 0 saturated carbocycles. The van der Waals surface area contributed by atoms with Gasteiger partial charge in [-0.1, -0.05) is 19.9 Å². The van der Waals surface area contributed by atoms with Crippen molar-refractivity contribution < 1.29 is 14.0 Å². The lowest BCUT2D eigenvalue weighted by Crippen LogP contribution is -2.50. The molecule has 2 N–H and O–H groups in total. The molecule has 1 aliphatic heterocycles. The molecule has 28 heavy (non-hydrogen) atoms. The number of urea groups is 1. The Balaban J connectivity index is 1.54. The van der Waals surface area contributed by atoms with Gasteiger partial charge in [0, 0.05) is 49.2 Å². The summed E-state index contributed by atoms with van der Waals surface area (Å²) in [4.78, 5) is 28.3. The van der Waals surface area contributed by atoms with E-state index in [2.05, 4.69) is 15.5 Å². The maximum Gasteiger partial charge on any atom is 0.321 e. The van der Waals surface area contributed by atoms with Crippen LogP contribution in [0.2, 0.25) is 0 Å². The maximum atomic E-state index is 13.1. The fraction of sp³-hybridized carbons (Fsp3) is 0.333. The summed E-state index contributed by atoms with van der Waals surface area (Å²) in [5.74, 6) is -0.440. The van der Waals surface area contributed by atoms with Gasteiger partial charge in [-0.25, -0.2) is 9.18 Å². The summed E-state index contributed by atoms with van der Waals surface area (Å²) in [5.41, 5.74) is 2.24. The van der Waals surface area contributed by atoms with Crippen molar-refractivity contribution in [3.63, 3.8) is 0 Å². The van der Waals surface area contributed by atoms with E-state index < -0.39 is 0 Å². The van der Waals surface area contributed by atoms with Crippen LogP contribution in [0.1, 0.15) is 13.8 Å². The van der Waals surface area contributed by atoms with Crippen LogP contribution in [0, 0.1) is 11.7 Å². The first kappa shape index (κ1) is 19.7. The summed E-state index contributed by atoms with van der Waals surface area (Å²) in [6.07, 6.45) is 0. The van der Waals surface area contributed by atoms with Gasteiger partial charge in [-0.3, -0.25) is 4.79 Å². The van der Waals surface area contributed by atoms with Gasteiger partial charge in [0.1, 0.15) is 5.82 Å². The van der Waals surface area contributed by atoms with Crippen molar-refractivity contribution in [1.82, 2.24) is 4.90 Å². The number of anilines is 3. The maximum absolute atomic E-state index is 13.1. The van der Waals surface area contributed by atoms with Gasteiger partial charge in [0.15, 0.2) is 0 Å². The Morgan fingerprint density at radius 2 is 1.54 bits per heavy atom. The van der Waals surface area contributed by atoms with Gasteiger partial charge >= 0.3 is 6.03 Å². The number of halogens is 1. The number of amides is 3. The molecule has 3 rings (SSSR count). The van der Waals surface area contributed by atoms with Crippen molar-refractivity contribution in [2.75, 3.05) is 41.7 Å². The van der Waals surface area contributed by atoms with E-state index in [0.29, 0.717) is 37.6 Å². The summed E-state index contributed by atoms with van der Waals surface area (Å²) in [6.45, 7) is 6.17. The Bertz CT molecular complexity index is 831. The highest BCUT2D eigenvalue weighted by Gasteiger charge is 2.21. The van der Waals surface area contributed by atoms with Gasteiger partial charge < -0.3 is 20.4 Å². The normalized spacial score (nSPS) is 14.1. The van der Waals surface area contributed by atoms with Crippen LogP contribution in [-0.2, 0) is 4.79 Å². The molecule has 1 saturated heterocycles. The molecule has 2 aromatic carbocycles. The standard InChI is InChI=1S/C21H25FN4O2/c1-15(2)20(27)23-17-4-3-5-18(14-17)24-21(28)26-12-10-25(11-13-26)19-8-6-16(22)7-9-19/h3-9,14-15H,10-13H2,1-2H3,(H,23,27)(H,24,28). The van der Waals surface area contributed by atoms with E-state index in [4.69, 9.17) is 0 Å². The van der Waals surface area contributed by atoms with Crippen LogP contribution in [0.15, 0.2) is 48.5 Å². The predicted molar refractivity (Wildman–Crippen MR) is 109 cm³/mol. The van der Waals surface area contributed by atoms with Crippen molar-refractivity contribution in [2.24, 2.45) is 5.92 Å². The smallest absolute Gasteiger partial charge is 0.321 e. The topological polar surface area (TPSA) is 64.7 Å². The molecule has 3 amide bonds. The lowest BCUT2D eigenvalue weighted by atomic mass is 10.2. The van der Waals surface area contributed by atoms with Crippen LogP contribution in [0.3, 0.4) is 0 Å². The molecule has 7 heteroatoms. The first-order chi connectivity index (χ1) is 13.4. The van der Waals surface area contributed by atoms with E-state index in [0.717, 1.165) is 5.69 Å². The molecule has 1 fully saturated rings. The van der Waals surface area contributed by atoms with E-state index in [-0.39, 0.29) is 23.7 Å². The lowest BCUT2D eigenvalue weighted by molar-refractivity contribution is -0.118. The molecule has 0 unspecified atom stereocenters. The number of hydrogen-bond acceptors (Lipinski definition) is 3. The third-order valence-electron chi connectivity index (χ3n) is 4.66. The van der Waals surface area contributed by atoms with Crippen LogP contribution in [0.25, 0.3) is 0 Å². The largest absolute Gasteiger partial charge is 0.368 e. The van der Waals surface area contributed by atoms with E-state index in [1.54, 1.807) is 41.3 Å². The number of carbonyl (C=O) groups excluding carboxylic acids is 2. The summed E-state index contributed by atoms with van der Waals surface area (Å²) in [5, 5.41) is 5.71. The number of hydrogen-bond donors (Lipinski definition) is 2. The average Bonchev–Trinajstić information content (AvgIpc) is 2.69. The van der Waals surface area contributed by atoms with Crippen molar-refractivity contribution in [3.05, 3.63) is 54.3 Å². The summed E-state index contributed by atoms with van der Waals surface area (Å²) < 4.78 is 13.1. The molecule has 148 valence electrons. The molecule has 1 heterocycles. The fourth-order valence-electron chi connectivity index (χ4n) is 2.98. The van der Waals surface area contributed by atoms with E-state index >= 15 is 0 Å². The van der Waals surface area contributed by atoms with Gasteiger partial charge in [0.2, 0.25) is 5.91 Å². The Morgan fingerprint density at radius 3 is 2.14 bits per heavy atom. The second kappa shape index (κ2) is 8.73. The van der Waals surface area contributed by atoms with Gasteiger partial charge in [-0.05, 0) is 42.5 Å². The molecule has 0 aromatic heterocycles. The van der Waals surface area contributed by atoms with Crippen LogP contribution in [-0.4, -0.2) is 43.0 Å². The lowest BCUT2D eigenvalue weighted by Gasteiger charge is -2.36. The zero-order valence-corrected chi connectivity index (χ0v) is 16.1. The number of rotatable bonds is 4. The van der Waals surface area contributed by atoms with Crippen LogP contribution in [0.5, 0.6) is 0 Å². The minimum absolute atomic E-state index is 0.0691. The third-order valence-corrected chi connectivity index (χ3v) is 4.66. The Labute approximate surface area is 164 Å². The van der Waals surface area contributed by atoms with Crippen molar-refractivity contribution >= 4 is 29.0 Å². The third kappa shape index (κ3) is 5.00. The molecular formula is C21H25FN4O2. The number of nitrogens with one attached hydrogen (secondary N) is 2. The van der Waals surface area contributed by atoms with Gasteiger partial charge in [0.05, 0.1) is 0 Å². The van der Waals surface area contributed by atoms with Gasteiger partial charge in [0.25, 0.3) is 0 Å². The van der Waals surface area contributed by atoms with Gasteiger partial charge in [-0.2, -0.15) is 0 Å². The van der Waals surface area contributed by atoms with Crippen LogP contribution in [0.4, 0.5) is 26.2 Å². The predicted octanol–water partition coefficient (Wildman–Crippen LogP) is 3.77. The Hall–Kier alpha value is -3.09. The number of carbonyl (C=O) groups is 2. The van der Waals surface area contributed by atoms with E-state index in [1.165, 1.54) is 12.1 Å². The molecule has 1 aliphatic rings. The van der Waals surface area contributed by atoms with Crippen molar-refractivity contribution in [1.29, 1.82) is 0 Å². The fourth-order valence-corrected chi connectivity index (χ4v) is 2.98. The minimum atomic E-state index is -0.256. The van der Waals surface area contributed by atoms with E-state index in [9.17, 15) is 14.0 Å². The Kier molecular flexibility index (Phi) is 6.13. The number of benzene rings is 2. The van der Waals surface area contributed by atoms with Gasteiger partial charge in [-0.15, -0.1) is 0 Å². The monoisotopic (exact) mass is 384 g/mol. The SMILES string of the molecule is CC(C)C(=O)Nc1cccc(NC(=O)N2CCN(c3ccc(F)cc3)CC2)c1.